The summed E-state index contributed by atoms with van der Waals surface area (Å²) in [7, 11) is 0. The number of benzene rings is 2. The van der Waals surface area contributed by atoms with Gasteiger partial charge in [0.25, 0.3) is 0 Å². The Morgan fingerprint density at radius 2 is 1.90 bits per heavy atom. The minimum atomic E-state index is -0.280. The molecule has 1 aliphatic heterocycles. The number of Topliss-reactive ketones (excluding diaryl/α,β-unsaturated/α-hetero) is 1. The van der Waals surface area contributed by atoms with Gasteiger partial charge in [0.1, 0.15) is 17.3 Å². The minimum absolute atomic E-state index is 0.120. The summed E-state index contributed by atoms with van der Waals surface area (Å²) in [4.78, 5) is 12.5. The monoisotopic (exact) mass is 270 g/mol. The fraction of sp³-hybridized carbons (Fsp3) is 0.235. The fourth-order valence-electron chi connectivity index (χ4n) is 2.60. The van der Waals surface area contributed by atoms with E-state index in [4.69, 9.17) is 4.74 Å². The second kappa shape index (κ2) is 5.45. The number of ether oxygens (including phenoxy) is 1. The Morgan fingerprint density at radius 3 is 2.70 bits per heavy atom. The zero-order valence-electron chi connectivity index (χ0n) is 11.0. The molecular weight excluding hydrogens is 255 g/mol. The lowest BCUT2D eigenvalue weighted by molar-refractivity contribution is -0.120. The summed E-state index contributed by atoms with van der Waals surface area (Å²) in [5.41, 5.74) is 1.81. The van der Waals surface area contributed by atoms with Gasteiger partial charge in [-0.2, -0.15) is 0 Å². The molecular formula is C17H15FO2. The predicted molar refractivity (Wildman–Crippen MR) is 74.4 cm³/mol. The van der Waals surface area contributed by atoms with Gasteiger partial charge >= 0.3 is 0 Å². The first-order valence-corrected chi connectivity index (χ1v) is 6.73. The smallest absolute Gasteiger partial charge is 0.144 e. The van der Waals surface area contributed by atoms with Crippen LogP contribution in [-0.4, -0.2) is 12.4 Å². The predicted octanol–water partition coefficient (Wildman–Crippen LogP) is 3.50. The van der Waals surface area contributed by atoms with Gasteiger partial charge in [-0.25, -0.2) is 4.39 Å². The number of rotatable bonds is 3. The van der Waals surface area contributed by atoms with Crippen LogP contribution in [0.15, 0.2) is 48.5 Å². The van der Waals surface area contributed by atoms with Crippen molar-refractivity contribution < 1.29 is 13.9 Å². The Bertz CT molecular complexity index is 619. The van der Waals surface area contributed by atoms with E-state index in [0.717, 1.165) is 16.9 Å². The highest BCUT2D eigenvalue weighted by molar-refractivity contribution is 5.88. The molecule has 0 spiro atoms. The van der Waals surface area contributed by atoms with E-state index in [1.54, 1.807) is 12.1 Å². The molecule has 3 rings (SSSR count). The van der Waals surface area contributed by atoms with E-state index in [9.17, 15) is 9.18 Å². The number of para-hydroxylation sites is 1. The highest BCUT2D eigenvalue weighted by Crippen LogP contribution is 2.34. The van der Waals surface area contributed by atoms with Crippen molar-refractivity contribution in [3.63, 3.8) is 0 Å². The van der Waals surface area contributed by atoms with Gasteiger partial charge in [0.2, 0.25) is 0 Å². The van der Waals surface area contributed by atoms with Crippen molar-refractivity contribution in [1.82, 2.24) is 0 Å². The van der Waals surface area contributed by atoms with Crippen LogP contribution in [0.1, 0.15) is 23.5 Å². The molecule has 0 N–H and O–H groups in total. The van der Waals surface area contributed by atoms with Crippen molar-refractivity contribution in [3.05, 3.63) is 65.5 Å². The molecule has 2 nitrogen and oxygen atoms in total. The standard InChI is InChI=1S/C17H15FO2/c18-13-7-5-12(6-8-13)11-16(19)14-9-10-20-17-4-2-1-3-15(14)17/h1-8,14H,9-11H2. The lowest BCUT2D eigenvalue weighted by Gasteiger charge is -2.24. The highest BCUT2D eigenvalue weighted by atomic mass is 19.1. The van der Waals surface area contributed by atoms with Gasteiger partial charge in [0, 0.05) is 17.9 Å². The molecule has 0 radical (unpaired) electrons. The van der Waals surface area contributed by atoms with Crippen LogP contribution in [0.25, 0.3) is 0 Å². The average Bonchev–Trinajstić information content (AvgIpc) is 2.49. The average molecular weight is 270 g/mol. The molecule has 2 aromatic rings. The van der Waals surface area contributed by atoms with Gasteiger partial charge in [0.15, 0.2) is 0 Å². The van der Waals surface area contributed by atoms with Gasteiger partial charge < -0.3 is 4.74 Å². The number of hydrogen-bond donors (Lipinski definition) is 0. The lowest BCUT2D eigenvalue weighted by Crippen LogP contribution is -2.22. The maximum absolute atomic E-state index is 12.9. The maximum Gasteiger partial charge on any atom is 0.144 e. The topological polar surface area (TPSA) is 26.3 Å². The number of carbonyl (C=O) groups is 1. The molecule has 2 aromatic carbocycles. The van der Waals surface area contributed by atoms with Crippen LogP contribution in [0, 0.1) is 5.82 Å². The van der Waals surface area contributed by atoms with E-state index in [1.807, 2.05) is 24.3 Å². The normalized spacial score (nSPS) is 17.1. The Balaban J connectivity index is 1.80. The van der Waals surface area contributed by atoms with Crippen LogP contribution in [0.3, 0.4) is 0 Å². The molecule has 0 aromatic heterocycles. The van der Waals surface area contributed by atoms with Crippen LogP contribution in [0.4, 0.5) is 4.39 Å². The number of hydrogen-bond acceptors (Lipinski definition) is 2. The number of carbonyl (C=O) groups excluding carboxylic acids is 1. The molecule has 1 heterocycles. The van der Waals surface area contributed by atoms with Gasteiger partial charge in [-0.3, -0.25) is 4.79 Å². The van der Waals surface area contributed by atoms with E-state index >= 15 is 0 Å². The van der Waals surface area contributed by atoms with Crippen molar-refractivity contribution in [2.24, 2.45) is 0 Å². The summed E-state index contributed by atoms with van der Waals surface area (Å²) >= 11 is 0. The quantitative estimate of drug-likeness (QED) is 0.853. The van der Waals surface area contributed by atoms with Crippen molar-refractivity contribution >= 4 is 5.78 Å². The van der Waals surface area contributed by atoms with Gasteiger partial charge in [-0.05, 0) is 30.2 Å². The van der Waals surface area contributed by atoms with Crippen molar-refractivity contribution in [1.29, 1.82) is 0 Å². The SMILES string of the molecule is O=C(Cc1ccc(F)cc1)C1CCOc2ccccc21. The zero-order chi connectivity index (χ0) is 13.9. The molecule has 1 aliphatic rings. The molecule has 3 heteroatoms. The molecule has 0 bridgehead atoms. The van der Waals surface area contributed by atoms with E-state index in [-0.39, 0.29) is 17.5 Å². The van der Waals surface area contributed by atoms with Crippen molar-refractivity contribution in [3.8, 4) is 5.75 Å². The first-order chi connectivity index (χ1) is 9.74. The lowest BCUT2D eigenvalue weighted by atomic mass is 9.87. The minimum Gasteiger partial charge on any atom is -0.493 e. The molecule has 20 heavy (non-hydrogen) atoms. The number of ketones is 1. The fourth-order valence-corrected chi connectivity index (χ4v) is 2.60. The summed E-state index contributed by atoms with van der Waals surface area (Å²) in [5, 5.41) is 0. The van der Waals surface area contributed by atoms with Crippen LogP contribution in [0.2, 0.25) is 0 Å². The largest absolute Gasteiger partial charge is 0.493 e. The van der Waals surface area contributed by atoms with E-state index < -0.39 is 0 Å². The maximum atomic E-state index is 12.9. The van der Waals surface area contributed by atoms with Crippen LogP contribution in [0.5, 0.6) is 5.75 Å². The first-order valence-electron chi connectivity index (χ1n) is 6.73. The Hall–Kier alpha value is -2.16. The van der Waals surface area contributed by atoms with Crippen molar-refractivity contribution in [2.75, 3.05) is 6.61 Å². The summed E-state index contributed by atoms with van der Waals surface area (Å²) in [6.45, 7) is 0.566. The van der Waals surface area contributed by atoms with Crippen molar-refractivity contribution in [2.45, 2.75) is 18.8 Å². The molecule has 1 unspecified atom stereocenters. The second-order valence-electron chi connectivity index (χ2n) is 5.00. The van der Waals surface area contributed by atoms with E-state index in [1.165, 1.54) is 12.1 Å². The van der Waals surface area contributed by atoms with Crippen LogP contribution < -0.4 is 4.74 Å². The molecule has 0 saturated heterocycles. The summed E-state index contributed by atoms with van der Waals surface area (Å²) in [6, 6.07) is 13.8. The Kier molecular flexibility index (Phi) is 3.50. The molecule has 0 fully saturated rings. The molecule has 102 valence electrons. The van der Waals surface area contributed by atoms with E-state index in [2.05, 4.69) is 0 Å². The third kappa shape index (κ3) is 2.57. The van der Waals surface area contributed by atoms with Gasteiger partial charge in [0.05, 0.1) is 6.61 Å². The molecule has 0 saturated carbocycles. The summed E-state index contributed by atoms with van der Waals surface area (Å²) < 4.78 is 18.4. The van der Waals surface area contributed by atoms with Gasteiger partial charge in [-0.15, -0.1) is 0 Å². The van der Waals surface area contributed by atoms with Crippen LogP contribution >= 0.6 is 0 Å². The van der Waals surface area contributed by atoms with E-state index in [0.29, 0.717) is 19.4 Å². The molecule has 0 aliphatic carbocycles. The second-order valence-corrected chi connectivity index (χ2v) is 5.00. The highest BCUT2D eigenvalue weighted by Gasteiger charge is 2.27. The Morgan fingerprint density at radius 1 is 1.15 bits per heavy atom. The molecule has 1 atom stereocenters. The number of halogens is 1. The first kappa shape index (κ1) is 12.9. The van der Waals surface area contributed by atoms with Gasteiger partial charge in [-0.1, -0.05) is 30.3 Å². The summed E-state index contributed by atoms with van der Waals surface area (Å²) in [5.74, 6) is 0.561. The Labute approximate surface area is 117 Å². The zero-order valence-corrected chi connectivity index (χ0v) is 11.0. The molecule has 0 amide bonds. The number of fused-ring (bicyclic) bond motifs is 1. The third-order valence-corrected chi connectivity index (χ3v) is 3.64. The third-order valence-electron chi connectivity index (χ3n) is 3.64. The van der Waals surface area contributed by atoms with Crippen LogP contribution in [-0.2, 0) is 11.2 Å². The summed E-state index contributed by atoms with van der Waals surface area (Å²) in [6.07, 6.45) is 1.04.